The van der Waals surface area contributed by atoms with Gasteiger partial charge in [-0.3, -0.25) is 0 Å². The zero-order valence-corrected chi connectivity index (χ0v) is 14.6. The number of benzene rings is 1. The van der Waals surface area contributed by atoms with Crippen molar-refractivity contribution in [2.75, 3.05) is 5.32 Å². The molecular weight excluding hydrogens is 341 g/mol. The van der Waals surface area contributed by atoms with E-state index < -0.39 is 5.82 Å². The molecule has 1 aliphatic rings. The molecule has 0 aliphatic heterocycles. The van der Waals surface area contributed by atoms with Gasteiger partial charge in [0.2, 0.25) is 0 Å². The number of nitrogens with one attached hydrogen (secondary N) is 2. The highest BCUT2D eigenvalue weighted by molar-refractivity contribution is 5.91. The molecule has 1 aromatic carbocycles. The summed E-state index contributed by atoms with van der Waals surface area (Å²) in [6, 6.07) is 12.2. The lowest BCUT2D eigenvalue weighted by molar-refractivity contribution is 0.579. The quantitative estimate of drug-likeness (QED) is 0.559. The number of aromatic nitrogens is 4. The van der Waals surface area contributed by atoms with Crippen molar-refractivity contribution in [3.63, 3.8) is 0 Å². The number of halogens is 1. The number of pyridine rings is 1. The van der Waals surface area contributed by atoms with E-state index in [0.29, 0.717) is 5.82 Å². The SMILES string of the molecule is Fc1cnc(-c2c[nH]c3ncccc23)nc1N[C@H]1CCCc2ccccc21. The molecule has 0 radical (unpaired) electrons. The molecule has 3 heterocycles. The summed E-state index contributed by atoms with van der Waals surface area (Å²) in [6.07, 6.45) is 7.85. The lowest BCUT2D eigenvalue weighted by atomic mass is 9.88. The number of anilines is 1. The smallest absolute Gasteiger partial charge is 0.183 e. The predicted octanol–water partition coefficient (Wildman–Crippen LogP) is 4.65. The van der Waals surface area contributed by atoms with Crippen molar-refractivity contribution in [2.45, 2.75) is 25.3 Å². The van der Waals surface area contributed by atoms with Crippen LogP contribution in [0.5, 0.6) is 0 Å². The fourth-order valence-corrected chi connectivity index (χ4v) is 3.81. The summed E-state index contributed by atoms with van der Waals surface area (Å²) in [5.41, 5.74) is 4.11. The third-order valence-corrected chi connectivity index (χ3v) is 5.12. The minimum absolute atomic E-state index is 0.0526. The molecule has 0 fully saturated rings. The Hall–Kier alpha value is -3.28. The maximum atomic E-state index is 14.4. The van der Waals surface area contributed by atoms with Crippen LogP contribution in [0.3, 0.4) is 0 Å². The second-order valence-electron chi connectivity index (χ2n) is 6.78. The summed E-state index contributed by atoms with van der Waals surface area (Å²) < 4.78 is 14.4. The highest BCUT2D eigenvalue weighted by atomic mass is 19.1. The van der Waals surface area contributed by atoms with E-state index >= 15 is 0 Å². The predicted molar refractivity (Wildman–Crippen MR) is 103 cm³/mol. The maximum Gasteiger partial charge on any atom is 0.183 e. The van der Waals surface area contributed by atoms with Gasteiger partial charge in [-0.05, 0) is 42.5 Å². The first-order chi connectivity index (χ1) is 13.3. The molecule has 4 aromatic rings. The van der Waals surface area contributed by atoms with Crippen LogP contribution in [0.2, 0.25) is 0 Å². The Morgan fingerprint density at radius 1 is 1.11 bits per heavy atom. The first-order valence-electron chi connectivity index (χ1n) is 9.09. The molecule has 3 aromatic heterocycles. The minimum Gasteiger partial charge on any atom is -0.361 e. The van der Waals surface area contributed by atoms with Crippen LogP contribution in [-0.4, -0.2) is 19.9 Å². The zero-order chi connectivity index (χ0) is 18.2. The van der Waals surface area contributed by atoms with E-state index in [0.717, 1.165) is 35.9 Å². The fourth-order valence-electron chi connectivity index (χ4n) is 3.81. The van der Waals surface area contributed by atoms with E-state index in [9.17, 15) is 4.39 Å². The molecule has 5 nitrogen and oxygen atoms in total. The monoisotopic (exact) mass is 359 g/mol. The normalized spacial score (nSPS) is 16.3. The van der Waals surface area contributed by atoms with Crippen LogP contribution >= 0.6 is 0 Å². The summed E-state index contributed by atoms with van der Waals surface area (Å²) in [6.45, 7) is 0. The van der Waals surface area contributed by atoms with Crippen molar-refractivity contribution < 1.29 is 4.39 Å². The van der Waals surface area contributed by atoms with Gasteiger partial charge < -0.3 is 10.3 Å². The van der Waals surface area contributed by atoms with Gasteiger partial charge >= 0.3 is 0 Å². The van der Waals surface area contributed by atoms with Crippen LogP contribution in [0.25, 0.3) is 22.4 Å². The summed E-state index contributed by atoms with van der Waals surface area (Å²) >= 11 is 0. The van der Waals surface area contributed by atoms with E-state index in [1.165, 1.54) is 17.3 Å². The third kappa shape index (κ3) is 2.83. The number of hydrogen-bond donors (Lipinski definition) is 2. The van der Waals surface area contributed by atoms with Crippen LogP contribution in [0.1, 0.15) is 30.0 Å². The van der Waals surface area contributed by atoms with Crippen LogP contribution in [0, 0.1) is 5.82 Å². The molecule has 0 amide bonds. The van der Waals surface area contributed by atoms with E-state index in [-0.39, 0.29) is 11.9 Å². The van der Waals surface area contributed by atoms with Gasteiger partial charge in [0, 0.05) is 23.3 Å². The first kappa shape index (κ1) is 15.9. The molecular formula is C21H18FN5. The van der Waals surface area contributed by atoms with Gasteiger partial charge in [-0.1, -0.05) is 24.3 Å². The Kier molecular flexibility index (Phi) is 3.81. The molecule has 0 spiro atoms. The number of nitrogens with zero attached hydrogens (tertiary/aromatic N) is 3. The van der Waals surface area contributed by atoms with E-state index in [2.05, 4.69) is 43.5 Å². The average Bonchev–Trinajstić information content (AvgIpc) is 3.14. The highest BCUT2D eigenvalue weighted by Crippen LogP contribution is 2.33. The van der Waals surface area contributed by atoms with Gasteiger partial charge in [0.25, 0.3) is 0 Å². The molecule has 0 saturated carbocycles. The van der Waals surface area contributed by atoms with Gasteiger partial charge in [0.1, 0.15) is 5.65 Å². The van der Waals surface area contributed by atoms with Crippen LogP contribution in [0.4, 0.5) is 10.2 Å². The van der Waals surface area contributed by atoms with Crippen molar-refractivity contribution in [1.29, 1.82) is 0 Å². The third-order valence-electron chi connectivity index (χ3n) is 5.12. The summed E-state index contributed by atoms with van der Waals surface area (Å²) in [7, 11) is 0. The van der Waals surface area contributed by atoms with E-state index in [1.807, 2.05) is 24.4 Å². The second kappa shape index (κ2) is 6.46. The molecule has 1 atom stereocenters. The Morgan fingerprint density at radius 2 is 2.04 bits per heavy atom. The molecule has 27 heavy (non-hydrogen) atoms. The molecule has 0 unspecified atom stereocenters. The fraction of sp³-hybridized carbons (Fsp3) is 0.190. The second-order valence-corrected chi connectivity index (χ2v) is 6.78. The standard InChI is InChI=1S/C21H18FN5/c22-17-12-25-20(16-11-24-19-15(16)8-4-10-23-19)27-21(17)26-18-9-3-6-13-5-1-2-7-14(13)18/h1-2,4-5,7-8,10-12,18H,3,6,9H2,(H,23,24)(H,25,26,27)/t18-/m0/s1. The summed E-state index contributed by atoms with van der Waals surface area (Å²) in [5.74, 6) is 0.266. The highest BCUT2D eigenvalue weighted by Gasteiger charge is 2.22. The minimum atomic E-state index is -0.445. The number of fused-ring (bicyclic) bond motifs is 2. The molecule has 6 heteroatoms. The summed E-state index contributed by atoms with van der Waals surface area (Å²) in [5, 5.41) is 4.22. The average molecular weight is 359 g/mol. The van der Waals surface area contributed by atoms with Gasteiger partial charge in [-0.25, -0.2) is 19.3 Å². The molecule has 5 rings (SSSR count). The van der Waals surface area contributed by atoms with Crippen molar-refractivity contribution in [3.05, 3.63) is 71.9 Å². The lowest BCUT2D eigenvalue weighted by Gasteiger charge is -2.27. The van der Waals surface area contributed by atoms with Crippen molar-refractivity contribution in [3.8, 4) is 11.4 Å². The largest absolute Gasteiger partial charge is 0.361 e. The van der Waals surface area contributed by atoms with E-state index in [4.69, 9.17) is 0 Å². The van der Waals surface area contributed by atoms with Gasteiger partial charge in [-0.2, -0.15) is 0 Å². The van der Waals surface area contributed by atoms with Crippen LogP contribution in [-0.2, 0) is 6.42 Å². The number of H-pyrrole nitrogens is 1. The van der Waals surface area contributed by atoms with Crippen molar-refractivity contribution in [2.24, 2.45) is 0 Å². The van der Waals surface area contributed by atoms with Crippen molar-refractivity contribution in [1.82, 2.24) is 19.9 Å². The molecule has 134 valence electrons. The Labute approximate surface area is 155 Å². The Morgan fingerprint density at radius 3 is 3.00 bits per heavy atom. The number of aromatic amines is 1. The van der Waals surface area contributed by atoms with Gasteiger partial charge in [-0.15, -0.1) is 0 Å². The molecule has 0 saturated heterocycles. The Balaban J connectivity index is 1.52. The van der Waals surface area contributed by atoms with Crippen molar-refractivity contribution >= 4 is 16.9 Å². The Bertz CT molecular complexity index is 1120. The van der Waals surface area contributed by atoms with Gasteiger partial charge in [0.05, 0.1) is 12.2 Å². The topological polar surface area (TPSA) is 66.5 Å². The molecule has 0 bridgehead atoms. The van der Waals surface area contributed by atoms with Gasteiger partial charge in [0.15, 0.2) is 17.5 Å². The first-order valence-corrected chi connectivity index (χ1v) is 9.09. The van der Waals surface area contributed by atoms with Crippen LogP contribution in [0.15, 0.2) is 55.0 Å². The van der Waals surface area contributed by atoms with Crippen LogP contribution < -0.4 is 5.32 Å². The maximum absolute atomic E-state index is 14.4. The summed E-state index contributed by atoms with van der Waals surface area (Å²) in [4.78, 5) is 16.1. The molecule has 1 aliphatic carbocycles. The molecule has 2 N–H and O–H groups in total. The van der Waals surface area contributed by atoms with E-state index in [1.54, 1.807) is 6.20 Å². The number of aryl methyl sites for hydroxylation is 1. The lowest BCUT2D eigenvalue weighted by Crippen LogP contribution is -2.18. The number of rotatable bonds is 3. The number of hydrogen-bond acceptors (Lipinski definition) is 4. The zero-order valence-electron chi connectivity index (χ0n) is 14.6.